The molecule has 0 aliphatic carbocycles. The first kappa shape index (κ1) is 12.8. The molecule has 0 aliphatic heterocycles. The molecule has 0 radical (unpaired) electrons. The average Bonchev–Trinajstić information content (AvgIpc) is 2.16. The van der Waals surface area contributed by atoms with Crippen LogP contribution in [0.1, 0.15) is 30.6 Å². The number of benzene rings is 1. The van der Waals surface area contributed by atoms with Crippen molar-refractivity contribution in [3.63, 3.8) is 0 Å². The number of carbonyl (C=O) groups excluding carboxylic acids is 1. The van der Waals surface area contributed by atoms with Crippen LogP contribution in [0.4, 0.5) is 5.69 Å². The van der Waals surface area contributed by atoms with Crippen LogP contribution < -0.4 is 5.73 Å². The number of hydrogen-bond acceptors (Lipinski definition) is 3. The van der Waals surface area contributed by atoms with Crippen molar-refractivity contribution in [2.24, 2.45) is 5.92 Å². The quantitative estimate of drug-likeness (QED) is 0.651. The normalized spacial score (nSPS) is 10.5. The second-order valence-corrected chi connectivity index (χ2v) is 4.49. The van der Waals surface area contributed by atoms with Crippen molar-refractivity contribution in [2.45, 2.75) is 20.3 Å². The smallest absolute Gasteiger partial charge is 0.340 e. The highest BCUT2D eigenvalue weighted by Crippen LogP contribution is 2.18. The number of carbonyl (C=O) groups is 1. The fourth-order valence-electron chi connectivity index (χ4n) is 1.18. The van der Waals surface area contributed by atoms with Crippen molar-refractivity contribution in [2.75, 3.05) is 12.3 Å². The molecule has 0 saturated carbocycles. The summed E-state index contributed by atoms with van der Waals surface area (Å²) in [6, 6.07) is 4.74. The Morgan fingerprint density at radius 3 is 2.75 bits per heavy atom. The molecule has 3 nitrogen and oxygen atoms in total. The van der Waals surface area contributed by atoms with Crippen molar-refractivity contribution in [1.29, 1.82) is 0 Å². The van der Waals surface area contributed by atoms with Gasteiger partial charge >= 0.3 is 5.97 Å². The van der Waals surface area contributed by atoms with Gasteiger partial charge in [0, 0.05) is 10.7 Å². The van der Waals surface area contributed by atoms with Crippen LogP contribution >= 0.6 is 11.6 Å². The standard InChI is InChI=1S/C12H16ClNO2/c1-8(2)5-6-16-12(15)10-4-3-9(13)7-11(10)14/h3-4,7-8H,5-6,14H2,1-2H3. The fraction of sp³-hybridized carbons (Fsp3) is 0.417. The van der Waals surface area contributed by atoms with E-state index in [1.165, 1.54) is 0 Å². The Bertz CT molecular complexity index is 377. The molecule has 0 heterocycles. The van der Waals surface area contributed by atoms with Gasteiger partial charge in [0.15, 0.2) is 0 Å². The molecule has 16 heavy (non-hydrogen) atoms. The van der Waals surface area contributed by atoms with E-state index < -0.39 is 5.97 Å². The number of anilines is 1. The molecule has 2 N–H and O–H groups in total. The van der Waals surface area contributed by atoms with Crippen LogP contribution in [-0.4, -0.2) is 12.6 Å². The lowest BCUT2D eigenvalue weighted by molar-refractivity contribution is 0.0489. The molecule has 0 aromatic heterocycles. The topological polar surface area (TPSA) is 52.3 Å². The second kappa shape index (κ2) is 5.75. The van der Waals surface area contributed by atoms with Crippen molar-refractivity contribution >= 4 is 23.3 Å². The summed E-state index contributed by atoms with van der Waals surface area (Å²) in [5.41, 5.74) is 6.39. The number of nitrogens with two attached hydrogens (primary N) is 1. The average molecular weight is 242 g/mol. The molecule has 1 rings (SSSR count). The zero-order chi connectivity index (χ0) is 12.1. The predicted molar refractivity (Wildman–Crippen MR) is 65.6 cm³/mol. The number of ether oxygens (including phenoxy) is 1. The highest BCUT2D eigenvalue weighted by atomic mass is 35.5. The van der Waals surface area contributed by atoms with Crippen LogP contribution in [0.5, 0.6) is 0 Å². The lowest BCUT2D eigenvalue weighted by Gasteiger charge is -2.08. The third-order valence-electron chi connectivity index (χ3n) is 2.16. The Labute approximate surface area is 101 Å². The Hall–Kier alpha value is -1.22. The largest absolute Gasteiger partial charge is 0.462 e. The van der Waals surface area contributed by atoms with Gasteiger partial charge in [0.05, 0.1) is 12.2 Å². The third kappa shape index (κ3) is 3.74. The number of halogens is 1. The molecule has 1 aromatic rings. The van der Waals surface area contributed by atoms with Crippen LogP contribution in [0.15, 0.2) is 18.2 Å². The SMILES string of the molecule is CC(C)CCOC(=O)c1ccc(Cl)cc1N. The monoisotopic (exact) mass is 241 g/mol. The predicted octanol–water partition coefficient (Wildman–Crippen LogP) is 3.13. The maximum atomic E-state index is 11.6. The zero-order valence-corrected chi connectivity index (χ0v) is 10.3. The maximum absolute atomic E-state index is 11.6. The van der Waals surface area contributed by atoms with Gasteiger partial charge in [0.1, 0.15) is 0 Å². The molecule has 0 saturated heterocycles. The number of hydrogen-bond donors (Lipinski definition) is 1. The molecular formula is C12H16ClNO2. The first-order valence-electron chi connectivity index (χ1n) is 5.23. The van der Waals surface area contributed by atoms with E-state index in [1.807, 2.05) is 0 Å². The van der Waals surface area contributed by atoms with Gasteiger partial charge in [-0.25, -0.2) is 4.79 Å². The second-order valence-electron chi connectivity index (χ2n) is 4.05. The highest BCUT2D eigenvalue weighted by molar-refractivity contribution is 6.31. The van der Waals surface area contributed by atoms with Crippen LogP contribution in [-0.2, 0) is 4.74 Å². The van der Waals surface area contributed by atoms with Crippen molar-refractivity contribution in [3.8, 4) is 0 Å². The summed E-state index contributed by atoms with van der Waals surface area (Å²) >= 11 is 5.74. The van der Waals surface area contributed by atoms with E-state index in [-0.39, 0.29) is 0 Å². The summed E-state index contributed by atoms with van der Waals surface area (Å²) in [5.74, 6) is 0.116. The fourth-order valence-corrected chi connectivity index (χ4v) is 1.37. The van der Waals surface area contributed by atoms with E-state index in [4.69, 9.17) is 22.1 Å². The van der Waals surface area contributed by atoms with E-state index in [2.05, 4.69) is 13.8 Å². The van der Waals surface area contributed by atoms with E-state index in [9.17, 15) is 4.79 Å². The van der Waals surface area contributed by atoms with E-state index in [1.54, 1.807) is 18.2 Å². The van der Waals surface area contributed by atoms with Crippen molar-refractivity contribution in [3.05, 3.63) is 28.8 Å². The summed E-state index contributed by atoms with van der Waals surface area (Å²) < 4.78 is 5.10. The van der Waals surface area contributed by atoms with E-state index in [0.29, 0.717) is 28.8 Å². The molecule has 0 atom stereocenters. The molecule has 4 heteroatoms. The number of rotatable bonds is 4. The van der Waals surface area contributed by atoms with Crippen LogP contribution in [0, 0.1) is 5.92 Å². The third-order valence-corrected chi connectivity index (χ3v) is 2.40. The number of esters is 1. The van der Waals surface area contributed by atoms with Crippen molar-refractivity contribution in [1.82, 2.24) is 0 Å². The van der Waals surface area contributed by atoms with Crippen LogP contribution in [0.2, 0.25) is 5.02 Å². The summed E-state index contributed by atoms with van der Waals surface area (Å²) in [6.07, 6.45) is 0.846. The molecule has 0 spiro atoms. The minimum Gasteiger partial charge on any atom is -0.462 e. The lowest BCUT2D eigenvalue weighted by Crippen LogP contribution is -2.10. The highest BCUT2D eigenvalue weighted by Gasteiger charge is 2.11. The van der Waals surface area contributed by atoms with Gasteiger partial charge in [0.2, 0.25) is 0 Å². The van der Waals surface area contributed by atoms with Gasteiger partial charge in [0.25, 0.3) is 0 Å². The summed E-state index contributed by atoms with van der Waals surface area (Å²) in [4.78, 5) is 11.6. The van der Waals surface area contributed by atoms with Gasteiger partial charge in [-0.3, -0.25) is 0 Å². The van der Waals surface area contributed by atoms with Gasteiger partial charge in [-0.15, -0.1) is 0 Å². The first-order valence-corrected chi connectivity index (χ1v) is 5.60. The van der Waals surface area contributed by atoms with E-state index >= 15 is 0 Å². The summed E-state index contributed by atoms with van der Waals surface area (Å²) in [5, 5.41) is 0.510. The Balaban J connectivity index is 2.59. The Morgan fingerprint density at radius 2 is 2.19 bits per heavy atom. The molecule has 0 fully saturated rings. The van der Waals surface area contributed by atoms with Gasteiger partial charge < -0.3 is 10.5 Å². The molecule has 0 amide bonds. The number of nitrogen functional groups attached to an aromatic ring is 1. The molecule has 0 unspecified atom stereocenters. The minimum atomic E-state index is -0.394. The zero-order valence-electron chi connectivity index (χ0n) is 9.50. The molecule has 1 aromatic carbocycles. The summed E-state index contributed by atoms with van der Waals surface area (Å²) in [6.45, 7) is 4.56. The maximum Gasteiger partial charge on any atom is 0.340 e. The molecule has 88 valence electrons. The molecule has 0 bridgehead atoms. The van der Waals surface area contributed by atoms with Crippen molar-refractivity contribution < 1.29 is 9.53 Å². The lowest BCUT2D eigenvalue weighted by atomic mass is 10.1. The van der Waals surface area contributed by atoms with Crippen LogP contribution in [0.25, 0.3) is 0 Å². The molecule has 0 aliphatic rings. The van der Waals surface area contributed by atoms with E-state index in [0.717, 1.165) is 6.42 Å². The van der Waals surface area contributed by atoms with Gasteiger partial charge in [-0.1, -0.05) is 25.4 Å². The summed E-state index contributed by atoms with van der Waals surface area (Å²) in [7, 11) is 0. The Morgan fingerprint density at radius 1 is 1.50 bits per heavy atom. The van der Waals surface area contributed by atoms with Gasteiger partial charge in [-0.2, -0.15) is 0 Å². The van der Waals surface area contributed by atoms with Gasteiger partial charge in [-0.05, 0) is 30.5 Å². The first-order chi connectivity index (χ1) is 7.50. The Kier molecular flexibility index (Phi) is 4.62. The molecular weight excluding hydrogens is 226 g/mol. The minimum absolute atomic E-state index is 0.349. The van der Waals surface area contributed by atoms with Crippen LogP contribution in [0.3, 0.4) is 0 Å².